The number of nitrogens with zero attached hydrogens (tertiary/aromatic N) is 3. The molecule has 4 rings (SSSR count). The van der Waals surface area contributed by atoms with Gasteiger partial charge in [0.15, 0.2) is 11.4 Å². The molecule has 1 N–H and O–H groups in total. The van der Waals surface area contributed by atoms with Crippen molar-refractivity contribution in [2.75, 3.05) is 0 Å². The zero-order valence-corrected chi connectivity index (χ0v) is 13.4. The van der Waals surface area contributed by atoms with E-state index in [2.05, 4.69) is 19.9 Å². The Bertz CT molecular complexity index is 932. The van der Waals surface area contributed by atoms with E-state index in [1.165, 1.54) is 6.33 Å². The molecule has 122 valence electrons. The number of carbonyl (C=O) groups excluding carboxylic acids is 1. The van der Waals surface area contributed by atoms with Crippen LogP contribution in [0.15, 0.2) is 85.6 Å². The zero-order chi connectivity index (χ0) is 17.3. The number of imidazole rings is 1. The van der Waals surface area contributed by atoms with E-state index in [0.717, 1.165) is 16.6 Å². The number of nitrogens with one attached hydrogen (secondary N) is 1. The average molecular weight is 328 g/mol. The minimum atomic E-state index is 0.0319. The van der Waals surface area contributed by atoms with Gasteiger partial charge in [-0.3, -0.25) is 4.79 Å². The molecule has 0 atom stereocenters. The van der Waals surface area contributed by atoms with Crippen molar-refractivity contribution >= 4 is 23.0 Å². The van der Waals surface area contributed by atoms with Crippen LogP contribution in [0.2, 0.25) is 0 Å². The summed E-state index contributed by atoms with van der Waals surface area (Å²) in [7, 11) is 0. The highest BCUT2D eigenvalue weighted by molar-refractivity contribution is 6.06. The van der Waals surface area contributed by atoms with Gasteiger partial charge in [-0.25, -0.2) is 15.0 Å². The normalized spacial score (nSPS) is 10.4. The summed E-state index contributed by atoms with van der Waals surface area (Å²) in [4.78, 5) is 26.2. The lowest BCUT2D eigenvalue weighted by molar-refractivity contribution is 0.104. The lowest BCUT2D eigenvalue weighted by atomic mass is 10.1. The first-order valence-corrected chi connectivity index (χ1v) is 7.74. The maximum Gasteiger partial charge on any atom is 0.185 e. The van der Waals surface area contributed by atoms with Gasteiger partial charge in [0, 0.05) is 5.56 Å². The number of aromatic amines is 1. The SMILES string of the molecule is O=C(/C=C/c1ccccc1)c1ccccc1.c1ncc2[nH]cnc2n1. The van der Waals surface area contributed by atoms with Gasteiger partial charge in [0.1, 0.15) is 11.8 Å². The van der Waals surface area contributed by atoms with Gasteiger partial charge in [-0.2, -0.15) is 0 Å². The molecule has 0 bridgehead atoms. The molecule has 0 fully saturated rings. The van der Waals surface area contributed by atoms with E-state index < -0.39 is 0 Å². The average Bonchev–Trinajstić information content (AvgIpc) is 3.17. The Balaban J connectivity index is 0.000000170. The number of benzene rings is 2. The number of H-pyrrole nitrogens is 1. The Labute approximate surface area is 145 Å². The number of hydrogen-bond acceptors (Lipinski definition) is 4. The third-order valence-corrected chi connectivity index (χ3v) is 3.38. The molecule has 0 radical (unpaired) electrons. The summed E-state index contributed by atoms with van der Waals surface area (Å²) in [6, 6.07) is 19.1. The van der Waals surface area contributed by atoms with E-state index >= 15 is 0 Å². The fourth-order valence-electron chi connectivity index (χ4n) is 2.13. The molecular formula is C20H16N4O. The Morgan fingerprint density at radius 1 is 0.920 bits per heavy atom. The first-order valence-electron chi connectivity index (χ1n) is 7.74. The second kappa shape index (κ2) is 8.31. The van der Waals surface area contributed by atoms with E-state index in [1.54, 1.807) is 18.6 Å². The molecule has 2 aromatic heterocycles. The monoisotopic (exact) mass is 328 g/mol. The molecule has 0 aliphatic rings. The highest BCUT2D eigenvalue weighted by Crippen LogP contribution is 2.05. The van der Waals surface area contributed by atoms with E-state index in [0.29, 0.717) is 5.65 Å². The predicted molar refractivity (Wildman–Crippen MR) is 97.9 cm³/mol. The van der Waals surface area contributed by atoms with Crippen molar-refractivity contribution in [2.45, 2.75) is 0 Å². The van der Waals surface area contributed by atoms with Crippen LogP contribution in [0.1, 0.15) is 15.9 Å². The molecule has 0 aliphatic carbocycles. The lowest BCUT2D eigenvalue weighted by Crippen LogP contribution is -1.92. The third kappa shape index (κ3) is 4.68. The molecule has 0 unspecified atom stereocenters. The van der Waals surface area contributed by atoms with Gasteiger partial charge >= 0.3 is 0 Å². The minimum absolute atomic E-state index is 0.0319. The number of hydrogen-bond donors (Lipinski definition) is 1. The number of aromatic nitrogens is 4. The van der Waals surface area contributed by atoms with Crippen molar-refractivity contribution in [2.24, 2.45) is 0 Å². The molecule has 0 aliphatic heterocycles. The largest absolute Gasteiger partial charge is 0.342 e. The van der Waals surface area contributed by atoms with Crippen LogP contribution in [0.3, 0.4) is 0 Å². The van der Waals surface area contributed by atoms with Gasteiger partial charge in [0.25, 0.3) is 0 Å². The maximum atomic E-state index is 11.7. The van der Waals surface area contributed by atoms with Gasteiger partial charge in [0.2, 0.25) is 0 Å². The van der Waals surface area contributed by atoms with E-state index in [9.17, 15) is 4.79 Å². The molecular weight excluding hydrogens is 312 g/mol. The number of ketones is 1. The third-order valence-electron chi connectivity index (χ3n) is 3.38. The number of fused-ring (bicyclic) bond motifs is 1. The maximum absolute atomic E-state index is 11.7. The summed E-state index contributed by atoms with van der Waals surface area (Å²) in [5, 5.41) is 0. The predicted octanol–water partition coefficient (Wildman–Crippen LogP) is 3.94. The number of allylic oxidation sites excluding steroid dienone is 1. The summed E-state index contributed by atoms with van der Waals surface area (Å²) in [6.45, 7) is 0. The fourth-order valence-corrected chi connectivity index (χ4v) is 2.13. The summed E-state index contributed by atoms with van der Waals surface area (Å²) >= 11 is 0. The smallest absolute Gasteiger partial charge is 0.185 e. The van der Waals surface area contributed by atoms with Crippen molar-refractivity contribution in [3.8, 4) is 0 Å². The molecule has 0 amide bonds. The van der Waals surface area contributed by atoms with Crippen LogP contribution in [0.5, 0.6) is 0 Å². The topological polar surface area (TPSA) is 71.5 Å². The quantitative estimate of drug-likeness (QED) is 0.457. The highest BCUT2D eigenvalue weighted by atomic mass is 16.1. The molecule has 4 aromatic rings. The molecule has 25 heavy (non-hydrogen) atoms. The van der Waals surface area contributed by atoms with Crippen molar-refractivity contribution in [1.82, 2.24) is 19.9 Å². The van der Waals surface area contributed by atoms with Crippen LogP contribution in [0.25, 0.3) is 17.2 Å². The second-order valence-corrected chi connectivity index (χ2v) is 5.14. The zero-order valence-electron chi connectivity index (χ0n) is 13.4. The minimum Gasteiger partial charge on any atom is -0.342 e. The lowest BCUT2D eigenvalue weighted by Gasteiger charge is -1.94. The Morgan fingerprint density at radius 2 is 1.64 bits per heavy atom. The molecule has 2 heterocycles. The molecule has 5 heteroatoms. The first kappa shape index (κ1) is 16.3. The van der Waals surface area contributed by atoms with Gasteiger partial charge in [0.05, 0.1) is 12.5 Å². The van der Waals surface area contributed by atoms with Crippen LogP contribution < -0.4 is 0 Å². The molecule has 2 aromatic carbocycles. The highest BCUT2D eigenvalue weighted by Gasteiger charge is 1.98. The van der Waals surface area contributed by atoms with Crippen molar-refractivity contribution < 1.29 is 4.79 Å². The Hall–Kier alpha value is -3.60. The Kier molecular flexibility index (Phi) is 5.40. The van der Waals surface area contributed by atoms with E-state index in [4.69, 9.17) is 0 Å². The molecule has 0 saturated heterocycles. The van der Waals surface area contributed by atoms with Gasteiger partial charge in [-0.15, -0.1) is 0 Å². The summed E-state index contributed by atoms with van der Waals surface area (Å²) in [6.07, 6.45) is 8.19. The van der Waals surface area contributed by atoms with Crippen molar-refractivity contribution in [3.05, 3.63) is 96.7 Å². The van der Waals surface area contributed by atoms with Crippen LogP contribution in [0, 0.1) is 0 Å². The van der Waals surface area contributed by atoms with Gasteiger partial charge < -0.3 is 4.98 Å². The molecule has 0 spiro atoms. The van der Waals surface area contributed by atoms with Crippen LogP contribution in [-0.2, 0) is 0 Å². The van der Waals surface area contributed by atoms with Crippen molar-refractivity contribution in [1.29, 1.82) is 0 Å². The second-order valence-electron chi connectivity index (χ2n) is 5.14. The van der Waals surface area contributed by atoms with Crippen molar-refractivity contribution in [3.63, 3.8) is 0 Å². The summed E-state index contributed by atoms with van der Waals surface area (Å²) in [5.41, 5.74) is 3.34. The summed E-state index contributed by atoms with van der Waals surface area (Å²) < 4.78 is 0. The number of carbonyl (C=O) groups is 1. The van der Waals surface area contributed by atoms with E-state index in [-0.39, 0.29) is 5.78 Å². The standard InChI is InChI=1S/C15H12O.C5H4N4/c16-15(14-9-5-2-6-10-14)12-11-13-7-3-1-4-8-13;1-4-5(8-2-6-1)9-3-7-4/h1-12H;1-3H,(H,6,7,8,9)/b12-11+;. The van der Waals surface area contributed by atoms with Gasteiger partial charge in [-0.05, 0) is 11.6 Å². The van der Waals surface area contributed by atoms with Gasteiger partial charge in [-0.1, -0.05) is 66.7 Å². The number of rotatable bonds is 3. The van der Waals surface area contributed by atoms with Crippen LogP contribution in [-0.4, -0.2) is 25.7 Å². The fraction of sp³-hybridized carbons (Fsp3) is 0. The summed E-state index contributed by atoms with van der Waals surface area (Å²) in [5.74, 6) is 0.0319. The molecule has 5 nitrogen and oxygen atoms in total. The van der Waals surface area contributed by atoms with E-state index in [1.807, 2.05) is 66.7 Å². The Morgan fingerprint density at radius 3 is 2.36 bits per heavy atom. The van der Waals surface area contributed by atoms with Crippen LogP contribution >= 0.6 is 0 Å². The molecule has 0 saturated carbocycles. The van der Waals surface area contributed by atoms with Crippen LogP contribution in [0.4, 0.5) is 0 Å². The first-order chi connectivity index (χ1) is 12.3.